The zero-order valence-corrected chi connectivity index (χ0v) is 20.1. The molecule has 0 aliphatic carbocycles. The molecule has 1 aromatic heterocycles. The van der Waals surface area contributed by atoms with Crippen LogP contribution in [-0.4, -0.2) is 62.4 Å². The van der Waals surface area contributed by atoms with E-state index >= 15 is 0 Å². The van der Waals surface area contributed by atoms with Crippen LogP contribution < -0.4 is 9.64 Å². The van der Waals surface area contributed by atoms with Crippen LogP contribution in [0.1, 0.15) is 36.8 Å². The molecule has 0 aliphatic rings. The summed E-state index contributed by atoms with van der Waals surface area (Å²) in [6.07, 6.45) is 0. The van der Waals surface area contributed by atoms with Gasteiger partial charge in [-0.05, 0) is 84.3 Å². The lowest BCUT2D eigenvalue weighted by molar-refractivity contribution is 0.0527. The summed E-state index contributed by atoms with van der Waals surface area (Å²) in [4.78, 5) is 17.3. The molecule has 0 spiro atoms. The summed E-state index contributed by atoms with van der Waals surface area (Å²) in [5, 5.41) is 0.844. The maximum atomic E-state index is 12.9. The van der Waals surface area contributed by atoms with Gasteiger partial charge in [0, 0.05) is 42.1 Å². The van der Waals surface area contributed by atoms with Gasteiger partial charge in [-0.1, -0.05) is 0 Å². The number of esters is 1. The number of nitrogens with zero attached hydrogens (tertiary/aromatic N) is 3. The van der Waals surface area contributed by atoms with E-state index in [1.807, 2.05) is 46.1 Å². The number of ether oxygens (including phenoxy) is 2. The van der Waals surface area contributed by atoms with Crippen molar-refractivity contribution >= 4 is 22.6 Å². The van der Waals surface area contributed by atoms with Gasteiger partial charge in [0.2, 0.25) is 0 Å². The van der Waals surface area contributed by atoms with Crippen molar-refractivity contribution in [3.63, 3.8) is 0 Å². The summed E-state index contributed by atoms with van der Waals surface area (Å²) in [6, 6.07) is 14.4. The molecule has 0 radical (unpaired) electrons. The molecule has 32 heavy (non-hydrogen) atoms. The van der Waals surface area contributed by atoms with Crippen molar-refractivity contribution in [2.45, 2.75) is 27.7 Å². The fourth-order valence-electron chi connectivity index (χ4n) is 4.03. The third-order valence-corrected chi connectivity index (χ3v) is 5.70. The first-order valence-electron chi connectivity index (χ1n) is 11.4. The number of anilines is 1. The Morgan fingerprint density at radius 2 is 1.69 bits per heavy atom. The van der Waals surface area contributed by atoms with Crippen LogP contribution in [0.5, 0.6) is 5.75 Å². The van der Waals surface area contributed by atoms with Gasteiger partial charge >= 0.3 is 5.97 Å². The second-order valence-corrected chi connectivity index (χ2v) is 8.04. The molecule has 6 heteroatoms. The lowest BCUT2D eigenvalue weighted by atomic mass is 10.1. The quantitative estimate of drug-likeness (QED) is 0.422. The Balaban J connectivity index is 2.08. The summed E-state index contributed by atoms with van der Waals surface area (Å²) in [6.45, 7) is 11.8. The van der Waals surface area contributed by atoms with E-state index in [1.165, 1.54) is 5.69 Å². The van der Waals surface area contributed by atoms with E-state index in [2.05, 4.69) is 52.5 Å². The smallest absolute Gasteiger partial charge is 0.340 e. The van der Waals surface area contributed by atoms with E-state index in [0.29, 0.717) is 18.8 Å². The van der Waals surface area contributed by atoms with Gasteiger partial charge < -0.3 is 23.8 Å². The van der Waals surface area contributed by atoms with Crippen molar-refractivity contribution in [3.05, 3.63) is 53.7 Å². The monoisotopic (exact) mass is 437 g/mol. The highest BCUT2D eigenvalue weighted by Gasteiger charge is 2.22. The van der Waals surface area contributed by atoms with Crippen LogP contribution in [0.3, 0.4) is 0 Å². The minimum Gasteiger partial charge on any atom is -0.492 e. The van der Waals surface area contributed by atoms with E-state index in [-0.39, 0.29) is 5.97 Å². The minimum atomic E-state index is -0.307. The van der Waals surface area contributed by atoms with Gasteiger partial charge in [-0.2, -0.15) is 0 Å². The summed E-state index contributed by atoms with van der Waals surface area (Å²) in [7, 11) is 4.03. The Hall–Kier alpha value is -2.99. The molecular formula is C26H35N3O3. The maximum Gasteiger partial charge on any atom is 0.340 e. The van der Waals surface area contributed by atoms with Crippen LogP contribution in [0.25, 0.3) is 16.6 Å². The first kappa shape index (κ1) is 23.7. The molecular weight excluding hydrogens is 402 g/mol. The highest BCUT2D eigenvalue weighted by atomic mass is 16.5. The van der Waals surface area contributed by atoms with E-state index in [9.17, 15) is 4.79 Å². The number of rotatable bonds is 10. The molecule has 0 amide bonds. The number of benzene rings is 2. The normalized spacial score (nSPS) is 11.2. The van der Waals surface area contributed by atoms with Crippen molar-refractivity contribution in [3.8, 4) is 11.4 Å². The summed E-state index contributed by atoms with van der Waals surface area (Å²) in [5.74, 6) is 0.442. The van der Waals surface area contributed by atoms with Crippen LogP contribution >= 0.6 is 0 Å². The van der Waals surface area contributed by atoms with Gasteiger partial charge in [0.1, 0.15) is 12.4 Å². The van der Waals surface area contributed by atoms with E-state index in [4.69, 9.17) is 9.47 Å². The van der Waals surface area contributed by atoms with E-state index in [0.717, 1.165) is 47.7 Å². The first-order valence-corrected chi connectivity index (χ1v) is 11.4. The largest absolute Gasteiger partial charge is 0.492 e. The lowest BCUT2D eigenvalue weighted by Gasteiger charge is -2.21. The average molecular weight is 438 g/mol. The van der Waals surface area contributed by atoms with Crippen molar-refractivity contribution < 1.29 is 14.3 Å². The molecule has 0 saturated heterocycles. The highest BCUT2D eigenvalue weighted by molar-refractivity contribution is 6.07. The molecule has 0 N–H and O–H groups in total. The lowest BCUT2D eigenvalue weighted by Crippen LogP contribution is -2.21. The summed E-state index contributed by atoms with van der Waals surface area (Å²) in [5.41, 5.74) is 4.61. The molecule has 3 aromatic rings. The number of hydrogen-bond acceptors (Lipinski definition) is 5. The molecule has 0 saturated carbocycles. The van der Waals surface area contributed by atoms with Crippen molar-refractivity contribution in [1.29, 1.82) is 0 Å². The summed E-state index contributed by atoms with van der Waals surface area (Å²) < 4.78 is 13.4. The maximum absolute atomic E-state index is 12.9. The second-order valence-electron chi connectivity index (χ2n) is 8.04. The molecule has 3 rings (SSSR count). The molecule has 1 heterocycles. The number of likely N-dealkylation sites (N-methyl/N-ethyl adjacent to an activating group) is 1. The Labute approximate surface area is 191 Å². The molecule has 0 bridgehead atoms. The van der Waals surface area contributed by atoms with E-state index < -0.39 is 0 Å². The van der Waals surface area contributed by atoms with Crippen molar-refractivity contribution in [2.24, 2.45) is 0 Å². The average Bonchev–Trinajstić information content (AvgIpc) is 3.06. The Kier molecular flexibility index (Phi) is 7.80. The number of carbonyl (C=O) groups excluding carboxylic acids is 1. The predicted molar refractivity (Wildman–Crippen MR) is 132 cm³/mol. The molecule has 0 fully saturated rings. The highest BCUT2D eigenvalue weighted by Crippen LogP contribution is 2.33. The third kappa shape index (κ3) is 4.91. The molecule has 0 atom stereocenters. The van der Waals surface area contributed by atoms with Gasteiger partial charge in [-0.25, -0.2) is 4.79 Å². The van der Waals surface area contributed by atoms with Gasteiger partial charge in [0.15, 0.2) is 0 Å². The van der Waals surface area contributed by atoms with Crippen molar-refractivity contribution in [1.82, 2.24) is 9.47 Å². The fraction of sp³-hybridized carbons (Fsp3) is 0.423. The standard InChI is InChI=1S/C26H35N3O3/c1-7-28(8-2)20-10-12-21(13-11-20)29-19(4)25(26(30)31-9-3)23-18-22(14-15-24(23)29)32-17-16-27(5)6/h10-15,18H,7-9,16-17H2,1-6H3. The van der Waals surface area contributed by atoms with Crippen LogP contribution in [0.2, 0.25) is 0 Å². The number of hydrogen-bond donors (Lipinski definition) is 0. The Bertz CT molecular complexity index is 1050. The molecule has 2 aromatic carbocycles. The zero-order chi connectivity index (χ0) is 23.3. The van der Waals surface area contributed by atoms with Crippen LogP contribution in [0, 0.1) is 6.92 Å². The summed E-state index contributed by atoms with van der Waals surface area (Å²) >= 11 is 0. The zero-order valence-electron chi connectivity index (χ0n) is 20.1. The Morgan fingerprint density at radius 1 is 1.00 bits per heavy atom. The molecule has 0 unspecified atom stereocenters. The molecule has 172 valence electrons. The van der Waals surface area contributed by atoms with Gasteiger partial charge in [-0.15, -0.1) is 0 Å². The Morgan fingerprint density at radius 3 is 2.28 bits per heavy atom. The minimum absolute atomic E-state index is 0.307. The molecule has 0 aliphatic heterocycles. The van der Waals surface area contributed by atoms with Gasteiger partial charge in [0.25, 0.3) is 0 Å². The number of carbonyl (C=O) groups is 1. The van der Waals surface area contributed by atoms with Crippen LogP contribution in [0.4, 0.5) is 5.69 Å². The molecule has 6 nitrogen and oxygen atoms in total. The van der Waals surface area contributed by atoms with Gasteiger partial charge in [-0.3, -0.25) is 0 Å². The topological polar surface area (TPSA) is 46.9 Å². The fourth-order valence-corrected chi connectivity index (χ4v) is 4.03. The number of aromatic nitrogens is 1. The second kappa shape index (κ2) is 10.6. The van der Waals surface area contributed by atoms with Crippen LogP contribution in [0.15, 0.2) is 42.5 Å². The third-order valence-electron chi connectivity index (χ3n) is 5.70. The van der Waals surface area contributed by atoms with Crippen LogP contribution in [-0.2, 0) is 4.74 Å². The SMILES string of the molecule is CCOC(=O)c1c(C)n(-c2ccc(N(CC)CC)cc2)c2ccc(OCCN(C)C)cc12. The predicted octanol–water partition coefficient (Wildman–Crippen LogP) is 4.90. The van der Waals surface area contributed by atoms with Crippen molar-refractivity contribution in [2.75, 3.05) is 51.8 Å². The van der Waals surface area contributed by atoms with Gasteiger partial charge in [0.05, 0.1) is 17.7 Å². The van der Waals surface area contributed by atoms with E-state index in [1.54, 1.807) is 0 Å². The number of fused-ring (bicyclic) bond motifs is 1. The first-order chi connectivity index (χ1) is 15.4.